The number of anilines is 2. The number of nitrogens with zero attached hydrogens (tertiary/aromatic N) is 3. The standard InChI is InChI=1S/C24H18N4O3/c25-12-11-17-1-5-19(6-2-17)27-24(29)28-13-14-30-23-15-21(9-10-22(23)28)31-20-7-3-18(16-26)4-8-20/h1-10,15H,11,13-14H2,(H,27,29). The van der Waals surface area contributed by atoms with Gasteiger partial charge in [0.05, 0.1) is 36.4 Å². The summed E-state index contributed by atoms with van der Waals surface area (Å²) < 4.78 is 11.6. The number of nitrogens with one attached hydrogen (secondary N) is 1. The highest BCUT2D eigenvalue weighted by atomic mass is 16.5. The number of carbonyl (C=O) groups excluding carboxylic acids is 1. The third kappa shape index (κ3) is 4.58. The maximum Gasteiger partial charge on any atom is 0.326 e. The van der Waals surface area contributed by atoms with Gasteiger partial charge in [0.25, 0.3) is 0 Å². The zero-order valence-corrected chi connectivity index (χ0v) is 16.5. The average molecular weight is 410 g/mol. The van der Waals surface area contributed by atoms with Crippen molar-refractivity contribution >= 4 is 17.4 Å². The maximum absolute atomic E-state index is 12.8. The van der Waals surface area contributed by atoms with Crippen molar-refractivity contribution in [3.8, 4) is 29.4 Å². The first-order valence-corrected chi connectivity index (χ1v) is 9.65. The van der Waals surface area contributed by atoms with Gasteiger partial charge in [-0.05, 0) is 54.1 Å². The summed E-state index contributed by atoms with van der Waals surface area (Å²) in [6.45, 7) is 0.781. The molecule has 0 aromatic heterocycles. The minimum Gasteiger partial charge on any atom is -0.489 e. The van der Waals surface area contributed by atoms with Crippen LogP contribution in [0.15, 0.2) is 66.7 Å². The molecule has 0 saturated heterocycles. The van der Waals surface area contributed by atoms with Crippen molar-refractivity contribution < 1.29 is 14.3 Å². The van der Waals surface area contributed by atoms with Gasteiger partial charge in [-0.2, -0.15) is 10.5 Å². The van der Waals surface area contributed by atoms with Crippen LogP contribution in [0, 0.1) is 22.7 Å². The first-order chi connectivity index (χ1) is 15.2. The van der Waals surface area contributed by atoms with Gasteiger partial charge in [-0.3, -0.25) is 4.90 Å². The summed E-state index contributed by atoms with van der Waals surface area (Å²) in [6, 6.07) is 23.2. The molecule has 31 heavy (non-hydrogen) atoms. The molecule has 0 spiro atoms. The van der Waals surface area contributed by atoms with E-state index < -0.39 is 0 Å². The number of benzene rings is 3. The molecular weight excluding hydrogens is 392 g/mol. The van der Waals surface area contributed by atoms with Gasteiger partial charge in [-0.25, -0.2) is 4.79 Å². The number of hydrogen-bond acceptors (Lipinski definition) is 5. The second-order valence-corrected chi connectivity index (χ2v) is 6.83. The Kier molecular flexibility index (Phi) is 5.68. The third-order valence-electron chi connectivity index (χ3n) is 4.75. The minimum atomic E-state index is -0.265. The van der Waals surface area contributed by atoms with Crippen LogP contribution in [0.1, 0.15) is 11.1 Å². The number of urea groups is 1. The largest absolute Gasteiger partial charge is 0.489 e. The Morgan fingerprint density at radius 2 is 1.77 bits per heavy atom. The fourth-order valence-electron chi connectivity index (χ4n) is 3.20. The lowest BCUT2D eigenvalue weighted by Crippen LogP contribution is -2.40. The molecule has 1 N–H and O–H groups in total. The number of nitriles is 2. The highest BCUT2D eigenvalue weighted by Gasteiger charge is 2.24. The maximum atomic E-state index is 12.8. The molecule has 1 aliphatic rings. The van der Waals surface area contributed by atoms with E-state index in [4.69, 9.17) is 20.0 Å². The molecule has 0 saturated carbocycles. The SMILES string of the molecule is N#CCc1ccc(NC(=O)N2CCOc3cc(Oc4ccc(C#N)cc4)ccc32)cc1. The van der Waals surface area contributed by atoms with Gasteiger partial charge in [0, 0.05) is 11.8 Å². The van der Waals surface area contributed by atoms with Gasteiger partial charge < -0.3 is 14.8 Å². The second-order valence-electron chi connectivity index (χ2n) is 6.83. The Bertz CT molecular complexity index is 1180. The van der Waals surface area contributed by atoms with Gasteiger partial charge in [0.2, 0.25) is 0 Å². The fraction of sp³-hybridized carbons (Fsp3) is 0.125. The van der Waals surface area contributed by atoms with Gasteiger partial charge in [-0.1, -0.05) is 12.1 Å². The first-order valence-electron chi connectivity index (χ1n) is 9.65. The van der Waals surface area contributed by atoms with Crippen LogP contribution in [0.3, 0.4) is 0 Å². The van der Waals surface area contributed by atoms with Crippen LogP contribution < -0.4 is 19.7 Å². The van der Waals surface area contributed by atoms with E-state index in [9.17, 15) is 4.79 Å². The summed E-state index contributed by atoms with van der Waals surface area (Å²) in [5.41, 5.74) is 2.76. The molecule has 2 amide bonds. The molecule has 0 radical (unpaired) electrons. The first kappa shape index (κ1) is 19.8. The molecule has 152 valence electrons. The molecule has 7 nitrogen and oxygen atoms in total. The van der Waals surface area contributed by atoms with Crippen LogP contribution in [0.25, 0.3) is 0 Å². The molecule has 0 atom stereocenters. The van der Waals surface area contributed by atoms with Crippen LogP contribution in [-0.2, 0) is 6.42 Å². The van der Waals surface area contributed by atoms with Crippen molar-refractivity contribution in [3.63, 3.8) is 0 Å². The Morgan fingerprint density at radius 1 is 1.03 bits per heavy atom. The van der Waals surface area contributed by atoms with Gasteiger partial charge in [-0.15, -0.1) is 0 Å². The van der Waals surface area contributed by atoms with E-state index in [0.29, 0.717) is 53.8 Å². The van der Waals surface area contributed by atoms with Crippen molar-refractivity contribution in [1.82, 2.24) is 0 Å². The quantitative estimate of drug-likeness (QED) is 0.663. The average Bonchev–Trinajstić information content (AvgIpc) is 2.80. The molecule has 0 bridgehead atoms. The van der Waals surface area contributed by atoms with Gasteiger partial charge >= 0.3 is 6.03 Å². The van der Waals surface area contributed by atoms with E-state index in [1.807, 2.05) is 12.1 Å². The van der Waals surface area contributed by atoms with Crippen molar-refractivity contribution in [3.05, 3.63) is 77.9 Å². The Balaban J connectivity index is 1.47. The lowest BCUT2D eigenvalue weighted by Gasteiger charge is -2.29. The van der Waals surface area contributed by atoms with Crippen LogP contribution in [0.2, 0.25) is 0 Å². The highest BCUT2D eigenvalue weighted by Crippen LogP contribution is 2.36. The Labute approximate surface area is 179 Å². The molecule has 0 unspecified atom stereocenters. The highest BCUT2D eigenvalue weighted by molar-refractivity contribution is 6.03. The van der Waals surface area contributed by atoms with Crippen molar-refractivity contribution in [2.45, 2.75) is 6.42 Å². The lowest BCUT2D eigenvalue weighted by atomic mass is 10.1. The number of carbonyl (C=O) groups is 1. The molecule has 0 aliphatic carbocycles. The molecular formula is C24H18N4O3. The summed E-state index contributed by atoms with van der Waals surface area (Å²) in [4.78, 5) is 14.4. The summed E-state index contributed by atoms with van der Waals surface area (Å²) in [5.74, 6) is 1.72. The number of fused-ring (bicyclic) bond motifs is 1. The minimum absolute atomic E-state index is 0.265. The van der Waals surface area contributed by atoms with E-state index in [1.165, 1.54) is 0 Å². The van der Waals surface area contributed by atoms with Crippen LogP contribution in [0.5, 0.6) is 17.2 Å². The third-order valence-corrected chi connectivity index (χ3v) is 4.75. The molecule has 3 aromatic carbocycles. The van der Waals surface area contributed by atoms with E-state index in [0.717, 1.165) is 5.56 Å². The molecule has 1 aliphatic heterocycles. The number of hydrogen-bond donors (Lipinski definition) is 1. The fourth-order valence-corrected chi connectivity index (χ4v) is 3.20. The van der Waals surface area contributed by atoms with E-state index in [1.54, 1.807) is 59.5 Å². The zero-order chi connectivity index (χ0) is 21.6. The Hall–Kier alpha value is -4.49. The molecule has 1 heterocycles. The summed E-state index contributed by atoms with van der Waals surface area (Å²) in [5, 5.41) is 20.5. The van der Waals surface area contributed by atoms with Crippen LogP contribution >= 0.6 is 0 Å². The Morgan fingerprint density at radius 3 is 2.48 bits per heavy atom. The molecule has 3 aromatic rings. The van der Waals surface area contributed by atoms with Crippen molar-refractivity contribution in [2.75, 3.05) is 23.4 Å². The summed E-state index contributed by atoms with van der Waals surface area (Å²) >= 11 is 0. The van der Waals surface area contributed by atoms with Crippen LogP contribution in [0.4, 0.5) is 16.2 Å². The predicted molar refractivity (Wildman–Crippen MR) is 115 cm³/mol. The smallest absolute Gasteiger partial charge is 0.326 e. The number of ether oxygens (including phenoxy) is 2. The predicted octanol–water partition coefficient (Wildman–Crippen LogP) is 4.85. The zero-order valence-electron chi connectivity index (χ0n) is 16.5. The van der Waals surface area contributed by atoms with E-state index in [2.05, 4.69) is 17.5 Å². The van der Waals surface area contributed by atoms with E-state index >= 15 is 0 Å². The number of amides is 2. The topological polar surface area (TPSA) is 98.4 Å². The van der Waals surface area contributed by atoms with Crippen LogP contribution in [-0.4, -0.2) is 19.2 Å². The summed E-state index contributed by atoms with van der Waals surface area (Å²) in [6.07, 6.45) is 0.331. The van der Waals surface area contributed by atoms with Crippen molar-refractivity contribution in [2.24, 2.45) is 0 Å². The van der Waals surface area contributed by atoms with Gasteiger partial charge in [0.15, 0.2) is 0 Å². The molecule has 4 rings (SSSR count). The van der Waals surface area contributed by atoms with E-state index in [-0.39, 0.29) is 6.03 Å². The molecule has 7 heteroatoms. The summed E-state index contributed by atoms with van der Waals surface area (Å²) in [7, 11) is 0. The molecule has 0 fully saturated rings. The van der Waals surface area contributed by atoms with Gasteiger partial charge in [0.1, 0.15) is 23.9 Å². The lowest BCUT2D eigenvalue weighted by molar-refractivity contribution is 0.250. The normalized spacial score (nSPS) is 12.0. The monoisotopic (exact) mass is 410 g/mol. The second kappa shape index (κ2) is 8.89. The number of rotatable bonds is 4. The van der Waals surface area contributed by atoms with Crippen molar-refractivity contribution in [1.29, 1.82) is 10.5 Å².